The van der Waals surface area contributed by atoms with Crippen LogP contribution in [0.25, 0.3) is 0 Å². The number of nitrogens with zero attached hydrogens (tertiary/aromatic N) is 3. The summed E-state index contributed by atoms with van der Waals surface area (Å²) in [6.07, 6.45) is 5.01. The van der Waals surface area contributed by atoms with Gasteiger partial charge < -0.3 is 19.7 Å². The van der Waals surface area contributed by atoms with Gasteiger partial charge in [0.2, 0.25) is 0 Å². The Bertz CT molecular complexity index is 1130. The molecule has 0 atom stereocenters. The lowest BCUT2D eigenvalue weighted by atomic mass is 9.94. The summed E-state index contributed by atoms with van der Waals surface area (Å²) in [6, 6.07) is 6.69. The topological polar surface area (TPSA) is 103 Å². The van der Waals surface area contributed by atoms with Gasteiger partial charge in [-0.2, -0.15) is 5.10 Å². The first-order valence-corrected chi connectivity index (χ1v) is 13.8. The number of aromatic nitrogens is 2. The Labute approximate surface area is 224 Å². The molecule has 2 aliphatic rings. The molecule has 1 aromatic carbocycles. The van der Waals surface area contributed by atoms with E-state index >= 15 is 0 Å². The third kappa shape index (κ3) is 6.81. The molecule has 1 saturated heterocycles. The Morgan fingerprint density at radius 1 is 1.05 bits per heavy atom. The highest BCUT2D eigenvalue weighted by Crippen LogP contribution is 2.25. The first-order valence-electron chi connectivity index (χ1n) is 13.8. The quantitative estimate of drug-likeness (QED) is 0.555. The fourth-order valence-electron chi connectivity index (χ4n) is 5.00. The molecule has 0 spiro atoms. The van der Waals surface area contributed by atoms with Crippen LogP contribution >= 0.6 is 0 Å². The summed E-state index contributed by atoms with van der Waals surface area (Å²) >= 11 is 0. The molecule has 4 rings (SSSR count). The summed E-state index contributed by atoms with van der Waals surface area (Å²) in [5.41, 5.74) is 2.94. The summed E-state index contributed by atoms with van der Waals surface area (Å²) < 4.78 is 13.3. The van der Waals surface area contributed by atoms with E-state index in [2.05, 4.69) is 5.32 Å². The highest BCUT2D eigenvalue weighted by atomic mass is 16.5. The molecule has 9 heteroatoms. The average molecular weight is 525 g/mol. The van der Waals surface area contributed by atoms with Crippen LogP contribution in [0.15, 0.2) is 24.3 Å². The lowest BCUT2D eigenvalue weighted by Gasteiger charge is -2.25. The molecule has 1 aromatic heterocycles. The molecular weight excluding hydrogens is 484 g/mol. The molecule has 0 aliphatic carbocycles. The van der Waals surface area contributed by atoms with Crippen molar-refractivity contribution in [2.75, 3.05) is 39.5 Å². The van der Waals surface area contributed by atoms with Gasteiger partial charge >= 0.3 is 5.97 Å². The van der Waals surface area contributed by atoms with Gasteiger partial charge in [-0.25, -0.2) is 4.79 Å². The van der Waals surface area contributed by atoms with Crippen molar-refractivity contribution in [3.8, 4) is 0 Å². The van der Waals surface area contributed by atoms with Crippen LogP contribution in [-0.2, 0) is 28.9 Å². The van der Waals surface area contributed by atoms with Gasteiger partial charge in [-0.3, -0.25) is 14.3 Å². The van der Waals surface area contributed by atoms with Crippen LogP contribution in [-0.4, -0.2) is 71.9 Å². The zero-order chi connectivity index (χ0) is 27.1. The molecule has 9 nitrogen and oxygen atoms in total. The summed E-state index contributed by atoms with van der Waals surface area (Å²) in [6.45, 7) is 10.2. The van der Waals surface area contributed by atoms with Gasteiger partial charge in [0, 0.05) is 50.4 Å². The summed E-state index contributed by atoms with van der Waals surface area (Å²) in [5, 5.41) is 7.80. The number of hydrogen-bond acceptors (Lipinski definition) is 6. The summed E-state index contributed by atoms with van der Waals surface area (Å²) in [5.74, 6) is -0.504. The van der Waals surface area contributed by atoms with E-state index in [-0.39, 0.29) is 18.4 Å². The van der Waals surface area contributed by atoms with E-state index in [4.69, 9.17) is 14.6 Å². The molecule has 0 bridgehead atoms. The second-order valence-corrected chi connectivity index (χ2v) is 10.9. The van der Waals surface area contributed by atoms with Gasteiger partial charge in [0.15, 0.2) is 0 Å². The van der Waals surface area contributed by atoms with Crippen LogP contribution in [0.5, 0.6) is 0 Å². The van der Waals surface area contributed by atoms with Crippen molar-refractivity contribution in [2.45, 2.75) is 65.8 Å². The minimum absolute atomic E-state index is 0.00579. The zero-order valence-corrected chi connectivity index (χ0v) is 22.9. The summed E-state index contributed by atoms with van der Waals surface area (Å²) in [4.78, 5) is 40.2. The number of aryl methyl sites for hydroxylation is 1. The molecule has 3 heterocycles. The van der Waals surface area contributed by atoms with Crippen molar-refractivity contribution in [1.29, 1.82) is 0 Å². The van der Waals surface area contributed by atoms with Crippen LogP contribution in [0.1, 0.15) is 88.9 Å². The Morgan fingerprint density at radius 3 is 2.45 bits per heavy atom. The van der Waals surface area contributed by atoms with E-state index in [0.717, 1.165) is 50.2 Å². The smallest absolute Gasteiger partial charge is 0.338 e. The molecule has 0 unspecified atom stereocenters. The predicted molar refractivity (Wildman–Crippen MR) is 143 cm³/mol. The SMILES string of the molecule is CCc1nn(CC(C)(C)COC(=O)c2ccc(C(=O)N3CCCC3)cc2)c2c1C(=O)NCCCOCCC2. The van der Waals surface area contributed by atoms with Gasteiger partial charge in [0.1, 0.15) is 0 Å². The number of carbonyl (C=O) groups is 3. The fourth-order valence-corrected chi connectivity index (χ4v) is 5.00. The number of fused-ring (bicyclic) bond motifs is 1. The van der Waals surface area contributed by atoms with Gasteiger partial charge in [-0.05, 0) is 62.8 Å². The van der Waals surface area contributed by atoms with Crippen LogP contribution in [0.3, 0.4) is 0 Å². The predicted octanol–water partition coefficient (Wildman–Crippen LogP) is 3.65. The molecule has 2 amide bonds. The maximum atomic E-state index is 13.0. The molecule has 0 saturated carbocycles. The molecule has 1 N–H and O–H groups in total. The minimum Gasteiger partial charge on any atom is -0.461 e. The van der Waals surface area contributed by atoms with Crippen molar-refractivity contribution < 1.29 is 23.9 Å². The number of nitrogens with one attached hydrogen (secondary N) is 1. The number of carbonyl (C=O) groups excluding carboxylic acids is 3. The fraction of sp³-hybridized carbons (Fsp3) is 0.586. The highest BCUT2D eigenvalue weighted by Gasteiger charge is 2.28. The van der Waals surface area contributed by atoms with Crippen molar-refractivity contribution in [1.82, 2.24) is 20.0 Å². The van der Waals surface area contributed by atoms with Gasteiger partial charge in [-0.1, -0.05) is 20.8 Å². The van der Waals surface area contributed by atoms with Crippen LogP contribution in [0.2, 0.25) is 0 Å². The Balaban J connectivity index is 1.42. The number of rotatable bonds is 7. The molecule has 38 heavy (non-hydrogen) atoms. The second-order valence-electron chi connectivity index (χ2n) is 10.9. The molecule has 1 fully saturated rings. The Hall–Kier alpha value is -3.20. The number of likely N-dealkylation sites (tertiary alicyclic amines) is 1. The van der Waals surface area contributed by atoms with Crippen molar-refractivity contribution in [2.24, 2.45) is 5.41 Å². The molecule has 0 radical (unpaired) electrons. The average Bonchev–Trinajstić information content (AvgIpc) is 3.56. The lowest BCUT2D eigenvalue weighted by Crippen LogP contribution is -2.29. The van der Waals surface area contributed by atoms with Gasteiger partial charge in [-0.15, -0.1) is 0 Å². The minimum atomic E-state index is -0.427. The van der Waals surface area contributed by atoms with Crippen LogP contribution in [0.4, 0.5) is 0 Å². The van der Waals surface area contributed by atoms with Gasteiger partial charge in [0.25, 0.3) is 11.8 Å². The first kappa shape index (κ1) is 27.8. The van der Waals surface area contributed by atoms with E-state index in [0.29, 0.717) is 55.8 Å². The Kier molecular flexibility index (Phi) is 9.20. The van der Waals surface area contributed by atoms with E-state index in [1.165, 1.54) is 0 Å². The van der Waals surface area contributed by atoms with E-state index < -0.39 is 11.4 Å². The molecule has 2 aromatic rings. The van der Waals surface area contributed by atoms with Crippen LogP contribution in [0, 0.1) is 5.41 Å². The number of hydrogen-bond donors (Lipinski definition) is 1. The Morgan fingerprint density at radius 2 is 1.74 bits per heavy atom. The number of ether oxygens (including phenoxy) is 2. The van der Waals surface area contributed by atoms with E-state index in [1.807, 2.05) is 30.4 Å². The van der Waals surface area contributed by atoms with Gasteiger partial charge in [0.05, 0.1) is 29.1 Å². The number of amides is 2. The standard InChI is InChI=1S/C29H40N4O5/c1-4-23-25-24(9-7-17-37-18-8-14-30-26(25)34)33(31-23)19-29(2,3)20-38-28(36)22-12-10-21(11-13-22)27(35)32-15-5-6-16-32/h10-13H,4-9,14-20H2,1-3H3,(H,30,34). The zero-order valence-electron chi connectivity index (χ0n) is 22.9. The second kappa shape index (κ2) is 12.6. The molecular formula is C29H40N4O5. The van der Waals surface area contributed by atoms with Crippen LogP contribution < -0.4 is 5.32 Å². The van der Waals surface area contributed by atoms with Crippen molar-refractivity contribution >= 4 is 17.8 Å². The van der Waals surface area contributed by atoms with Crippen molar-refractivity contribution in [3.05, 3.63) is 52.3 Å². The highest BCUT2D eigenvalue weighted by molar-refractivity contribution is 5.97. The number of esters is 1. The molecule has 206 valence electrons. The van der Waals surface area contributed by atoms with E-state index in [1.54, 1.807) is 24.3 Å². The first-order chi connectivity index (χ1) is 18.3. The maximum absolute atomic E-state index is 13.0. The normalized spacial score (nSPS) is 16.9. The number of benzene rings is 1. The molecule has 2 aliphatic heterocycles. The third-order valence-corrected chi connectivity index (χ3v) is 7.08. The monoisotopic (exact) mass is 524 g/mol. The lowest BCUT2D eigenvalue weighted by molar-refractivity contribution is 0.0304. The van der Waals surface area contributed by atoms with E-state index in [9.17, 15) is 14.4 Å². The maximum Gasteiger partial charge on any atom is 0.338 e. The van der Waals surface area contributed by atoms with Crippen molar-refractivity contribution in [3.63, 3.8) is 0 Å². The summed E-state index contributed by atoms with van der Waals surface area (Å²) in [7, 11) is 0. The largest absolute Gasteiger partial charge is 0.461 e. The third-order valence-electron chi connectivity index (χ3n) is 7.08.